The molecule has 0 radical (unpaired) electrons. The van der Waals surface area contributed by atoms with Crippen molar-refractivity contribution in [3.63, 3.8) is 0 Å². The molecule has 0 amide bonds. The number of aromatic nitrogens is 5. The molecule has 2 N–H and O–H groups in total. The van der Waals surface area contributed by atoms with Crippen molar-refractivity contribution in [1.29, 1.82) is 0 Å². The van der Waals surface area contributed by atoms with E-state index in [2.05, 4.69) is 29.9 Å². The number of nitrogens with zero attached hydrogens (tertiary/aromatic N) is 7. The van der Waals surface area contributed by atoms with Crippen LogP contribution in [0.1, 0.15) is 58.3 Å². The number of halogens is 2. The maximum absolute atomic E-state index is 14.0. The highest BCUT2D eigenvalue weighted by Crippen LogP contribution is 2.54. The monoisotopic (exact) mass is 688 g/mol. The third-order valence-electron chi connectivity index (χ3n) is 9.68. The predicted octanol–water partition coefficient (Wildman–Crippen LogP) is 4.07. The SMILES string of the molecule is CCC(CC=O)COc1cc(-c2cn(-c3ccc(NS(=O)(=O)CCO)cc3N3CCC4(CC3)CC4)nn2)nc(N2CCC(F)(F)CC2)n1. The molecule has 2 saturated heterocycles. The summed E-state index contributed by atoms with van der Waals surface area (Å²) in [4.78, 5) is 24.3. The summed E-state index contributed by atoms with van der Waals surface area (Å²) in [5.74, 6) is -2.66. The van der Waals surface area contributed by atoms with E-state index in [0.29, 0.717) is 34.6 Å². The molecule has 1 atom stereocenters. The van der Waals surface area contributed by atoms with Crippen molar-refractivity contribution in [3.05, 3.63) is 30.5 Å². The molecule has 2 aromatic heterocycles. The topological polar surface area (TPSA) is 156 Å². The normalized spacial score (nSPS) is 19.2. The Balaban J connectivity index is 1.32. The molecule has 2 aliphatic heterocycles. The van der Waals surface area contributed by atoms with Crippen LogP contribution in [-0.2, 0) is 14.8 Å². The van der Waals surface area contributed by atoms with E-state index in [9.17, 15) is 27.1 Å². The number of aldehydes is 1. The van der Waals surface area contributed by atoms with Gasteiger partial charge < -0.3 is 24.4 Å². The third kappa shape index (κ3) is 8.02. The number of ether oxygens (including phenoxy) is 1. The Morgan fingerprint density at radius 3 is 2.40 bits per heavy atom. The molecule has 1 spiro atoms. The zero-order valence-electron chi connectivity index (χ0n) is 27.0. The van der Waals surface area contributed by atoms with E-state index in [0.717, 1.165) is 44.3 Å². The van der Waals surface area contributed by atoms with Crippen LogP contribution < -0.4 is 19.3 Å². The molecule has 13 nitrogen and oxygen atoms in total. The fourth-order valence-electron chi connectivity index (χ4n) is 6.27. The van der Waals surface area contributed by atoms with Crippen LogP contribution in [0, 0.1) is 11.3 Å². The van der Waals surface area contributed by atoms with Gasteiger partial charge in [-0.1, -0.05) is 12.1 Å². The van der Waals surface area contributed by atoms with Crippen LogP contribution in [0.15, 0.2) is 30.5 Å². The summed E-state index contributed by atoms with van der Waals surface area (Å²) in [6, 6.07) is 6.83. The number of anilines is 3. The molecule has 3 aromatic rings. The van der Waals surface area contributed by atoms with Crippen LogP contribution in [0.4, 0.5) is 26.1 Å². The van der Waals surface area contributed by atoms with Gasteiger partial charge >= 0.3 is 0 Å². The first-order chi connectivity index (χ1) is 23.0. The Labute approximate surface area is 278 Å². The van der Waals surface area contributed by atoms with Crippen molar-refractivity contribution in [1.82, 2.24) is 25.0 Å². The van der Waals surface area contributed by atoms with E-state index in [4.69, 9.17) is 4.74 Å². The lowest BCUT2D eigenvalue weighted by atomic mass is 9.93. The number of benzene rings is 1. The van der Waals surface area contributed by atoms with Crippen molar-refractivity contribution in [2.45, 2.75) is 64.2 Å². The van der Waals surface area contributed by atoms with Gasteiger partial charge in [0.1, 0.15) is 17.7 Å². The van der Waals surface area contributed by atoms with Gasteiger partial charge in [0.05, 0.1) is 42.2 Å². The van der Waals surface area contributed by atoms with Crippen LogP contribution in [0.25, 0.3) is 17.1 Å². The average molecular weight is 689 g/mol. The minimum atomic E-state index is -3.73. The van der Waals surface area contributed by atoms with Gasteiger partial charge in [0.25, 0.3) is 5.92 Å². The van der Waals surface area contributed by atoms with Gasteiger partial charge in [-0.15, -0.1) is 5.10 Å². The Morgan fingerprint density at radius 2 is 1.73 bits per heavy atom. The quantitative estimate of drug-likeness (QED) is 0.236. The van der Waals surface area contributed by atoms with Gasteiger partial charge in [-0.3, -0.25) is 4.72 Å². The van der Waals surface area contributed by atoms with Crippen molar-refractivity contribution < 1.29 is 31.8 Å². The first-order valence-corrected chi connectivity index (χ1v) is 18.2. The Kier molecular flexibility index (Phi) is 9.83. The molecule has 4 heterocycles. The molecular weight excluding hydrogens is 646 g/mol. The van der Waals surface area contributed by atoms with Crippen LogP contribution in [0.2, 0.25) is 0 Å². The van der Waals surface area contributed by atoms with E-state index >= 15 is 0 Å². The second kappa shape index (κ2) is 13.9. The van der Waals surface area contributed by atoms with Crippen molar-refractivity contribution >= 4 is 33.6 Å². The van der Waals surface area contributed by atoms with Crippen LogP contribution in [-0.4, -0.2) is 95.8 Å². The fraction of sp³-hybridized carbons (Fsp3) is 0.594. The lowest BCUT2D eigenvalue weighted by Gasteiger charge is -2.35. The lowest BCUT2D eigenvalue weighted by Crippen LogP contribution is -2.40. The van der Waals surface area contributed by atoms with Gasteiger partial charge in [-0.2, -0.15) is 4.98 Å². The predicted molar refractivity (Wildman–Crippen MR) is 176 cm³/mol. The number of hydrogen-bond acceptors (Lipinski definition) is 11. The number of alkyl halides is 2. The van der Waals surface area contributed by atoms with Gasteiger partial charge in [0.15, 0.2) is 0 Å². The molecule has 1 aromatic carbocycles. The fourth-order valence-corrected chi connectivity index (χ4v) is 7.10. The summed E-state index contributed by atoms with van der Waals surface area (Å²) in [7, 11) is -3.73. The molecule has 6 rings (SSSR count). The molecule has 48 heavy (non-hydrogen) atoms. The Morgan fingerprint density at radius 1 is 1.00 bits per heavy atom. The van der Waals surface area contributed by atoms with Crippen molar-refractivity contribution in [3.8, 4) is 23.0 Å². The summed E-state index contributed by atoms with van der Waals surface area (Å²) >= 11 is 0. The standard InChI is InChI=1S/C32H42F2N8O5S/c1-2-23(5-16-43)22-47-29-20-25(35-30(36-29)41-14-10-32(33,34)11-15-41)26-21-42(39-37-26)27-4-3-24(38-48(45,46)18-17-44)19-28(27)40-12-8-31(6-7-31)9-13-40/h3-4,16,19-21,23,38,44H,2,5-15,17-18,22H2,1H3. The van der Waals surface area contributed by atoms with Gasteiger partial charge in [-0.25, -0.2) is 26.9 Å². The van der Waals surface area contributed by atoms with E-state index < -0.39 is 28.3 Å². The summed E-state index contributed by atoms with van der Waals surface area (Å²) < 4.78 is 63.0. The minimum Gasteiger partial charge on any atom is -0.477 e. The maximum atomic E-state index is 14.0. The zero-order chi connectivity index (χ0) is 33.9. The summed E-state index contributed by atoms with van der Waals surface area (Å²) in [5, 5.41) is 18.0. The number of aliphatic hydroxyl groups is 1. The van der Waals surface area contributed by atoms with Crippen LogP contribution >= 0.6 is 0 Å². The van der Waals surface area contributed by atoms with Crippen LogP contribution in [0.3, 0.4) is 0 Å². The first kappa shape index (κ1) is 34.0. The highest BCUT2D eigenvalue weighted by atomic mass is 32.2. The highest BCUT2D eigenvalue weighted by Gasteiger charge is 2.44. The first-order valence-electron chi connectivity index (χ1n) is 16.5. The summed E-state index contributed by atoms with van der Waals surface area (Å²) in [5.41, 5.74) is 3.08. The maximum Gasteiger partial charge on any atom is 0.251 e. The van der Waals surface area contributed by atoms with E-state index in [1.165, 1.54) is 12.8 Å². The number of nitrogens with one attached hydrogen (secondary N) is 1. The van der Waals surface area contributed by atoms with Crippen molar-refractivity contribution in [2.75, 3.05) is 59.7 Å². The number of carbonyl (C=O) groups excluding carboxylic acids is 1. The molecule has 1 saturated carbocycles. The molecule has 1 aliphatic carbocycles. The number of hydrogen-bond donors (Lipinski definition) is 2. The van der Waals surface area contributed by atoms with Crippen LogP contribution in [0.5, 0.6) is 5.88 Å². The molecule has 16 heteroatoms. The van der Waals surface area contributed by atoms with Gasteiger partial charge in [-0.05, 0) is 61.6 Å². The van der Waals surface area contributed by atoms with E-state index in [1.54, 1.807) is 40.0 Å². The highest BCUT2D eigenvalue weighted by molar-refractivity contribution is 7.92. The molecule has 3 aliphatic rings. The summed E-state index contributed by atoms with van der Waals surface area (Å²) in [6.45, 7) is 3.53. The number of piperidine rings is 2. The van der Waals surface area contributed by atoms with E-state index in [-0.39, 0.29) is 50.3 Å². The molecule has 3 fully saturated rings. The molecule has 260 valence electrons. The molecule has 1 unspecified atom stereocenters. The van der Waals surface area contributed by atoms with Crippen molar-refractivity contribution in [2.24, 2.45) is 11.3 Å². The largest absolute Gasteiger partial charge is 0.477 e. The molecular formula is C32H42F2N8O5S. The average Bonchev–Trinajstić information content (AvgIpc) is 3.62. The third-order valence-corrected chi connectivity index (χ3v) is 10.9. The number of rotatable bonds is 14. The number of sulfonamides is 1. The minimum absolute atomic E-state index is 0.00184. The van der Waals surface area contributed by atoms with Gasteiger partial charge in [0, 0.05) is 51.5 Å². The zero-order valence-corrected chi connectivity index (χ0v) is 27.8. The Hall–Kier alpha value is -3.92. The van der Waals surface area contributed by atoms with E-state index in [1.807, 2.05) is 6.92 Å². The smallest absolute Gasteiger partial charge is 0.251 e. The number of carbonyl (C=O) groups is 1. The second-order valence-electron chi connectivity index (χ2n) is 13.1. The summed E-state index contributed by atoms with van der Waals surface area (Å²) in [6.07, 6.45) is 7.62. The lowest BCUT2D eigenvalue weighted by molar-refractivity contribution is -0.108. The van der Waals surface area contributed by atoms with Gasteiger partial charge in [0.2, 0.25) is 21.9 Å². The Bertz CT molecular complexity index is 1700. The number of aliphatic hydroxyl groups excluding tert-OH is 1. The molecule has 0 bridgehead atoms. The second-order valence-corrected chi connectivity index (χ2v) is 14.9.